The zero-order valence-electron chi connectivity index (χ0n) is 15.4. The highest BCUT2D eigenvalue weighted by Crippen LogP contribution is 2.29. The molecular formula is C19H16F3N3O4. The van der Waals surface area contributed by atoms with Gasteiger partial charge in [-0.3, -0.25) is 9.59 Å². The van der Waals surface area contributed by atoms with Crippen LogP contribution in [0.15, 0.2) is 45.8 Å². The van der Waals surface area contributed by atoms with Crippen LogP contribution in [-0.2, 0) is 12.8 Å². The summed E-state index contributed by atoms with van der Waals surface area (Å²) in [5.74, 6) is 0.385. The number of amides is 1. The molecule has 0 spiro atoms. The van der Waals surface area contributed by atoms with Crippen molar-refractivity contribution in [2.75, 3.05) is 5.32 Å². The molecule has 0 aliphatic carbocycles. The first-order chi connectivity index (χ1) is 13.6. The molecule has 0 bridgehead atoms. The van der Waals surface area contributed by atoms with E-state index >= 15 is 0 Å². The predicted molar refractivity (Wildman–Crippen MR) is 96.8 cm³/mol. The maximum absolute atomic E-state index is 12.8. The molecule has 10 heteroatoms. The second-order valence-electron chi connectivity index (χ2n) is 6.20. The average Bonchev–Trinajstić information content (AvgIpc) is 2.99. The summed E-state index contributed by atoms with van der Waals surface area (Å²) in [7, 11) is 0. The van der Waals surface area contributed by atoms with Crippen LogP contribution in [0, 0.1) is 13.8 Å². The van der Waals surface area contributed by atoms with Gasteiger partial charge >= 0.3 is 6.18 Å². The minimum Gasteiger partial charge on any atom is -0.489 e. The second kappa shape index (κ2) is 7.82. The lowest BCUT2D eigenvalue weighted by Gasteiger charge is -2.10. The van der Waals surface area contributed by atoms with Crippen molar-refractivity contribution in [2.45, 2.75) is 26.6 Å². The largest absolute Gasteiger partial charge is 0.489 e. The maximum atomic E-state index is 12.8. The van der Waals surface area contributed by atoms with Crippen LogP contribution >= 0.6 is 0 Å². The fourth-order valence-corrected chi connectivity index (χ4v) is 2.50. The van der Waals surface area contributed by atoms with E-state index in [1.54, 1.807) is 13.8 Å². The molecule has 0 saturated heterocycles. The molecule has 0 aliphatic rings. The Morgan fingerprint density at radius 1 is 1.24 bits per heavy atom. The van der Waals surface area contributed by atoms with Crippen molar-refractivity contribution in [3.8, 4) is 5.75 Å². The van der Waals surface area contributed by atoms with Crippen LogP contribution in [0.3, 0.4) is 0 Å². The molecule has 3 aromatic rings. The molecule has 0 atom stereocenters. The van der Waals surface area contributed by atoms with Gasteiger partial charge in [0.25, 0.3) is 11.5 Å². The number of nitrogens with one attached hydrogen (secondary N) is 2. The lowest BCUT2D eigenvalue weighted by Crippen LogP contribution is -2.21. The quantitative estimate of drug-likeness (QED) is 0.670. The summed E-state index contributed by atoms with van der Waals surface area (Å²) < 4.78 is 49.0. The third-order valence-electron chi connectivity index (χ3n) is 4.16. The highest BCUT2D eigenvalue weighted by Gasteiger charge is 2.31. The Kier molecular flexibility index (Phi) is 5.44. The molecule has 1 aromatic carbocycles. The van der Waals surface area contributed by atoms with Gasteiger partial charge in [0, 0.05) is 11.8 Å². The predicted octanol–water partition coefficient (Wildman–Crippen LogP) is 3.83. The number of alkyl halides is 3. The molecule has 7 nitrogen and oxygen atoms in total. The smallest absolute Gasteiger partial charge is 0.417 e. The number of rotatable bonds is 5. The molecule has 2 N–H and O–H groups in total. The summed E-state index contributed by atoms with van der Waals surface area (Å²) in [5, 5.41) is 6.01. The Labute approximate surface area is 162 Å². The van der Waals surface area contributed by atoms with Gasteiger partial charge in [0.05, 0.1) is 16.8 Å². The number of hydrogen-bond acceptors (Lipinski definition) is 5. The van der Waals surface area contributed by atoms with E-state index in [1.807, 2.05) is 4.98 Å². The summed E-state index contributed by atoms with van der Waals surface area (Å²) >= 11 is 0. The summed E-state index contributed by atoms with van der Waals surface area (Å²) in [6.07, 6.45) is -4.10. The highest BCUT2D eigenvalue weighted by atomic mass is 19.4. The van der Waals surface area contributed by atoms with E-state index in [2.05, 4.69) is 10.5 Å². The van der Waals surface area contributed by atoms with Crippen molar-refractivity contribution in [1.29, 1.82) is 0 Å². The maximum Gasteiger partial charge on any atom is 0.417 e. The Balaban J connectivity index is 1.69. The Hall–Kier alpha value is -3.56. The first-order valence-electron chi connectivity index (χ1n) is 8.41. The molecule has 0 saturated carbocycles. The number of aromatic nitrogens is 2. The molecular weight excluding hydrogens is 391 g/mol. The van der Waals surface area contributed by atoms with Gasteiger partial charge in [-0.25, -0.2) is 0 Å². The average molecular weight is 407 g/mol. The number of pyridine rings is 1. The van der Waals surface area contributed by atoms with Crippen LogP contribution in [0.1, 0.15) is 32.9 Å². The van der Waals surface area contributed by atoms with E-state index in [9.17, 15) is 22.8 Å². The number of nitrogens with zero attached hydrogens (tertiary/aromatic N) is 1. The number of benzene rings is 1. The van der Waals surface area contributed by atoms with E-state index < -0.39 is 28.9 Å². The van der Waals surface area contributed by atoms with E-state index in [1.165, 1.54) is 24.3 Å². The van der Waals surface area contributed by atoms with Crippen molar-refractivity contribution in [2.24, 2.45) is 0 Å². The topological polar surface area (TPSA) is 97.2 Å². The van der Waals surface area contributed by atoms with Crippen LogP contribution in [0.25, 0.3) is 0 Å². The van der Waals surface area contributed by atoms with Crippen molar-refractivity contribution in [3.63, 3.8) is 0 Å². The lowest BCUT2D eigenvalue weighted by atomic mass is 10.2. The minimum absolute atomic E-state index is 0.145. The third-order valence-corrected chi connectivity index (χ3v) is 4.16. The summed E-state index contributed by atoms with van der Waals surface area (Å²) in [6, 6.07) is 6.50. The van der Waals surface area contributed by atoms with Crippen LogP contribution in [-0.4, -0.2) is 16.0 Å². The number of aryl methyl sites for hydroxylation is 2. The Morgan fingerprint density at radius 2 is 1.93 bits per heavy atom. The number of carbonyl (C=O) groups excluding carboxylic acids is 1. The van der Waals surface area contributed by atoms with Gasteiger partial charge < -0.3 is 19.6 Å². The van der Waals surface area contributed by atoms with E-state index in [0.717, 1.165) is 5.56 Å². The van der Waals surface area contributed by atoms with Crippen molar-refractivity contribution in [1.82, 2.24) is 10.1 Å². The van der Waals surface area contributed by atoms with Gasteiger partial charge in [-0.1, -0.05) is 5.16 Å². The molecule has 2 heterocycles. The first kappa shape index (κ1) is 20.2. The molecule has 1 amide bonds. The molecule has 2 aromatic heterocycles. The fourth-order valence-electron chi connectivity index (χ4n) is 2.50. The van der Waals surface area contributed by atoms with E-state index in [4.69, 9.17) is 9.26 Å². The standard InChI is InChI=1S/C19H16F3N3O4/c1-10-15(11(2)29-25-10)9-28-14-5-3-12(4-6-14)17(26)24-16-7-13(19(20,21)22)8-23-18(16)27/h3-8H,9H2,1-2H3,(H,23,27)(H,24,26). The number of halogens is 3. The Bertz CT molecular complexity index is 1070. The minimum atomic E-state index is -4.65. The zero-order chi connectivity index (χ0) is 21.2. The molecule has 0 fully saturated rings. The van der Waals surface area contributed by atoms with E-state index in [-0.39, 0.29) is 12.2 Å². The third kappa shape index (κ3) is 4.65. The Morgan fingerprint density at radius 3 is 2.52 bits per heavy atom. The van der Waals surface area contributed by atoms with Crippen LogP contribution < -0.4 is 15.6 Å². The molecule has 29 heavy (non-hydrogen) atoms. The summed E-state index contributed by atoms with van der Waals surface area (Å²) in [4.78, 5) is 25.9. The van der Waals surface area contributed by atoms with Gasteiger partial charge in [-0.05, 0) is 44.2 Å². The normalized spacial score (nSPS) is 11.3. The lowest BCUT2D eigenvalue weighted by molar-refractivity contribution is -0.137. The molecule has 152 valence electrons. The molecule has 0 aliphatic heterocycles. The van der Waals surface area contributed by atoms with Crippen LogP contribution in [0.2, 0.25) is 0 Å². The number of H-pyrrole nitrogens is 1. The van der Waals surface area contributed by atoms with Gasteiger partial charge in [0.1, 0.15) is 23.8 Å². The number of aromatic amines is 1. The van der Waals surface area contributed by atoms with Gasteiger partial charge in [0.2, 0.25) is 0 Å². The van der Waals surface area contributed by atoms with Crippen LogP contribution in [0.4, 0.5) is 18.9 Å². The SMILES string of the molecule is Cc1noc(C)c1COc1ccc(C(=O)Nc2cc(C(F)(F)F)c[nH]c2=O)cc1. The number of ether oxygens (including phenoxy) is 1. The first-order valence-corrected chi connectivity index (χ1v) is 8.41. The van der Waals surface area contributed by atoms with E-state index in [0.29, 0.717) is 29.5 Å². The number of carbonyl (C=O) groups is 1. The highest BCUT2D eigenvalue weighted by molar-refractivity contribution is 6.04. The van der Waals surface area contributed by atoms with Crippen molar-refractivity contribution in [3.05, 3.63) is 75.0 Å². The fraction of sp³-hybridized carbons (Fsp3) is 0.211. The van der Waals surface area contributed by atoms with Gasteiger partial charge in [0.15, 0.2) is 0 Å². The van der Waals surface area contributed by atoms with Crippen molar-refractivity contribution >= 4 is 11.6 Å². The zero-order valence-corrected chi connectivity index (χ0v) is 15.4. The second-order valence-corrected chi connectivity index (χ2v) is 6.20. The molecule has 0 unspecified atom stereocenters. The molecule has 0 radical (unpaired) electrons. The van der Waals surface area contributed by atoms with Crippen molar-refractivity contribution < 1.29 is 27.2 Å². The molecule has 3 rings (SSSR count). The summed E-state index contributed by atoms with van der Waals surface area (Å²) in [6.45, 7) is 3.78. The monoisotopic (exact) mass is 407 g/mol. The van der Waals surface area contributed by atoms with Crippen LogP contribution in [0.5, 0.6) is 5.75 Å². The van der Waals surface area contributed by atoms with Gasteiger partial charge in [-0.2, -0.15) is 13.2 Å². The van der Waals surface area contributed by atoms with Gasteiger partial charge in [-0.15, -0.1) is 0 Å². The summed E-state index contributed by atoms with van der Waals surface area (Å²) in [5.41, 5.74) is -0.739. The number of anilines is 1. The number of hydrogen-bond donors (Lipinski definition) is 2.